The van der Waals surface area contributed by atoms with Gasteiger partial charge in [0.25, 0.3) is 0 Å². The quantitative estimate of drug-likeness (QED) is 0.414. The van der Waals surface area contributed by atoms with Crippen molar-refractivity contribution in [3.63, 3.8) is 0 Å². The minimum absolute atomic E-state index is 0.0939. The van der Waals surface area contributed by atoms with Crippen LogP contribution in [0.5, 0.6) is 0 Å². The standard InChI is InChI=1S/C17H19N7O5S2/c1-24-7-12(8-24)30(26,27)14-5-4-13(10-2-3-11(9-25)19-6-10)15(16(14)31(18,28)29)17-20-22-23-21-17/h2-6,12,25H,7-9H2,1H3,(H2,18,28,29)(H,20,21,22,23). The highest BCUT2D eigenvalue weighted by Crippen LogP contribution is 2.40. The van der Waals surface area contributed by atoms with E-state index in [1.807, 2.05) is 4.90 Å². The van der Waals surface area contributed by atoms with Crippen LogP contribution in [-0.4, -0.2) is 77.8 Å². The predicted octanol–water partition coefficient (Wildman–Crippen LogP) is -0.844. The Morgan fingerprint density at radius 1 is 1.19 bits per heavy atom. The monoisotopic (exact) mass is 465 g/mol. The predicted molar refractivity (Wildman–Crippen MR) is 109 cm³/mol. The zero-order chi connectivity index (χ0) is 22.4. The largest absolute Gasteiger partial charge is 0.390 e. The summed E-state index contributed by atoms with van der Waals surface area (Å²) in [5.41, 5.74) is 1.06. The number of nitrogens with one attached hydrogen (secondary N) is 1. The molecule has 12 nitrogen and oxygen atoms in total. The van der Waals surface area contributed by atoms with Crippen molar-refractivity contribution < 1.29 is 21.9 Å². The second-order valence-corrected chi connectivity index (χ2v) is 10.9. The molecule has 0 bridgehead atoms. The molecule has 14 heteroatoms. The normalized spacial score (nSPS) is 15.7. The van der Waals surface area contributed by atoms with Gasteiger partial charge >= 0.3 is 0 Å². The van der Waals surface area contributed by atoms with Gasteiger partial charge in [0, 0.05) is 24.8 Å². The van der Waals surface area contributed by atoms with Gasteiger partial charge in [-0.2, -0.15) is 5.21 Å². The van der Waals surface area contributed by atoms with E-state index in [1.54, 1.807) is 19.2 Å². The summed E-state index contributed by atoms with van der Waals surface area (Å²) in [5, 5.41) is 27.4. The van der Waals surface area contributed by atoms with Crippen molar-refractivity contribution in [2.45, 2.75) is 21.6 Å². The second kappa shape index (κ2) is 7.72. The van der Waals surface area contributed by atoms with Gasteiger partial charge in [-0.15, -0.1) is 10.2 Å². The van der Waals surface area contributed by atoms with Gasteiger partial charge in [0.1, 0.15) is 4.90 Å². The van der Waals surface area contributed by atoms with Gasteiger partial charge in [0.2, 0.25) is 15.8 Å². The van der Waals surface area contributed by atoms with Crippen LogP contribution in [0.4, 0.5) is 0 Å². The first-order valence-electron chi connectivity index (χ1n) is 9.05. The number of H-pyrrole nitrogens is 1. The Morgan fingerprint density at radius 3 is 2.45 bits per heavy atom. The minimum Gasteiger partial charge on any atom is -0.390 e. The maximum Gasteiger partial charge on any atom is 0.240 e. The first-order chi connectivity index (χ1) is 14.6. The van der Waals surface area contributed by atoms with Crippen LogP contribution in [0, 0.1) is 0 Å². The summed E-state index contributed by atoms with van der Waals surface area (Å²) in [6, 6.07) is 5.86. The molecule has 1 aliphatic rings. The summed E-state index contributed by atoms with van der Waals surface area (Å²) in [5.74, 6) is -0.131. The van der Waals surface area contributed by atoms with Gasteiger partial charge in [-0.25, -0.2) is 22.0 Å². The Balaban J connectivity index is 2.03. The number of primary sulfonamides is 1. The van der Waals surface area contributed by atoms with Crippen LogP contribution in [-0.2, 0) is 26.5 Å². The fraction of sp³-hybridized carbons (Fsp3) is 0.294. The molecule has 0 saturated carbocycles. The molecule has 164 valence electrons. The number of tetrazole rings is 1. The molecule has 0 spiro atoms. The summed E-state index contributed by atoms with van der Waals surface area (Å²) < 4.78 is 51.8. The maximum atomic E-state index is 13.2. The van der Waals surface area contributed by atoms with Crippen molar-refractivity contribution in [1.29, 1.82) is 0 Å². The van der Waals surface area contributed by atoms with Gasteiger partial charge in [-0.05, 0) is 30.0 Å². The number of hydrogen-bond donors (Lipinski definition) is 3. The molecule has 1 fully saturated rings. The number of nitrogens with two attached hydrogens (primary N) is 1. The molecule has 0 radical (unpaired) electrons. The van der Waals surface area contributed by atoms with Crippen LogP contribution in [0.15, 0.2) is 40.3 Å². The number of benzene rings is 1. The number of sulfonamides is 1. The molecule has 2 aromatic heterocycles. The molecule has 3 heterocycles. The minimum atomic E-state index is -4.52. The Hall–Kier alpha value is -2.78. The van der Waals surface area contributed by atoms with E-state index in [0.29, 0.717) is 16.8 Å². The van der Waals surface area contributed by atoms with Gasteiger partial charge in [-0.3, -0.25) is 4.98 Å². The number of aliphatic hydroxyl groups is 1. The first-order valence-corrected chi connectivity index (χ1v) is 12.1. The smallest absolute Gasteiger partial charge is 0.240 e. The van der Waals surface area contributed by atoms with Crippen LogP contribution in [0.25, 0.3) is 22.5 Å². The lowest BCUT2D eigenvalue weighted by Gasteiger charge is -2.35. The summed E-state index contributed by atoms with van der Waals surface area (Å²) in [6.45, 7) is 0.282. The number of aliphatic hydroxyl groups excluding tert-OH is 1. The topological polar surface area (TPSA) is 185 Å². The molecule has 3 aromatic rings. The molecule has 0 unspecified atom stereocenters. The van der Waals surface area contributed by atoms with Crippen molar-refractivity contribution in [3.05, 3.63) is 36.2 Å². The molecular formula is C17H19N7O5S2. The maximum absolute atomic E-state index is 13.2. The molecule has 1 aliphatic heterocycles. The van der Waals surface area contributed by atoms with Crippen LogP contribution < -0.4 is 5.14 Å². The van der Waals surface area contributed by atoms with Crippen LogP contribution in [0.2, 0.25) is 0 Å². The highest BCUT2D eigenvalue weighted by atomic mass is 32.2. The number of pyridine rings is 1. The lowest BCUT2D eigenvalue weighted by atomic mass is 10.0. The summed E-state index contributed by atoms with van der Waals surface area (Å²) >= 11 is 0. The molecule has 4 N–H and O–H groups in total. The molecule has 1 aromatic carbocycles. The van der Waals surface area contributed by atoms with Crippen LogP contribution in [0.1, 0.15) is 5.69 Å². The van der Waals surface area contributed by atoms with E-state index in [1.165, 1.54) is 18.3 Å². The summed E-state index contributed by atoms with van der Waals surface area (Å²) in [7, 11) is -6.76. The van der Waals surface area contributed by atoms with Crippen LogP contribution >= 0.6 is 0 Å². The third kappa shape index (κ3) is 3.83. The van der Waals surface area contributed by atoms with E-state index < -0.39 is 34.9 Å². The SMILES string of the molecule is CN1CC(S(=O)(=O)c2ccc(-c3ccc(CO)nc3)c(-c3nn[nH]n3)c2S(N)(=O)=O)C1. The molecule has 1 saturated heterocycles. The van der Waals surface area contributed by atoms with Crippen molar-refractivity contribution in [2.75, 3.05) is 20.1 Å². The van der Waals surface area contributed by atoms with E-state index in [-0.39, 0.29) is 31.1 Å². The molecule has 0 atom stereocenters. The van der Waals surface area contributed by atoms with Crippen molar-refractivity contribution in [3.8, 4) is 22.5 Å². The van der Waals surface area contributed by atoms with Crippen molar-refractivity contribution >= 4 is 19.9 Å². The second-order valence-electron chi connectivity index (χ2n) is 7.18. The highest BCUT2D eigenvalue weighted by molar-refractivity contribution is 7.94. The zero-order valence-electron chi connectivity index (χ0n) is 16.3. The number of nitrogens with zero attached hydrogens (tertiary/aromatic N) is 5. The fourth-order valence-electron chi connectivity index (χ4n) is 3.50. The lowest BCUT2D eigenvalue weighted by molar-refractivity contribution is 0.231. The Kier molecular flexibility index (Phi) is 5.35. The number of aromatic nitrogens is 5. The molecule has 4 rings (SSSR count). The van der Waals surface area contributed by atoms with Gasteiger partial charge in [0.15, 0.2) is 9.84 Å². The fourth-order valence-corrected chi connectivity index (χ4v) is 6.91. The first kappa shape index (κ1) is 21.5. The summed E-state index contributed by atoms with van der Waals surface area (Å²) in [4.78, 5) is 4.91. The van der Waals surface area contributed by atoms with E-state index in [0.717, 1.165) is 0 Å². The van der Waals surface area contributed by atoms with Gasteiger partial charge < -0.3 is 10.0 Å². The van der Waals surface area contributed by atoms with Crippen LogP contribution in [0.3, 0.4) is 0 Å². The Morgan fingerprint density at radius 2 is 1.94 bits per heavy atom. The van der Waals surface area contributed by atoms with E-state index in [4.69, 9.17) is 5.14 Å². The van der Waals surface area contributed by atoms with E-state index in [2.05, 4.69) is 25.6 Å². The molecule has 0 amide bonds. The number of rotatable bonds is 6. The number of likely N-dealkylation sites (tertiary alicyclic amines) is 1. The van der Waals surface area contributed by atoms with E-state index >= 15 is 0 Å². The third-order valence-corrected chi connectivity index (χ3v) is 8.30. The molecule has 31 heavy (non-hydrogen) atoms. The van der Waals surface area contributed by atoms with Crippen molar-refractivity contribution in [1.82, 2.24) is 30.5 Å². The third-order valence-electron chi connectivity index (χ3n) is 5.05. The zero-order valence-corrected chi connectivity index (χ0v) is 17.9. The van der Waals surface area contributed by atoms with Crippen molar-refractivity contribution in [2.24, 2.45) is 5.14 Å². The summed E-state index contributed by atoms with van der Waals surface area (Å²) in [6.07, 6.45) is 1.42. The number of aromatic amines is 1. The lowest BCUT2D eigenvalue weighted by Crippen LogP contribution is -2.52. The average Bonchev–Trinajstić information content (AvgIpc) is 3.24. The number of hydrogen-bond acceptors (Lipinski definition) is 10. The van der Waals surface area contributed by atoms with E-state index in [9.17, 15) is 21.9 Å². The molecule has 0 aliphatic carbocycles. The Labute approximate surface area is 178 Å². The average molecular weight is 466 g/mol. The highest BCUT2D eigenvalue weighted by Gasteiger charge is 2.40. The van der Waals surface area contributed by atoms with Gasteiger partial charge in [-0.1, -0.05) is 12.1 Å². The molecular weight excluding hydrogens is 446 g/mol. The number of sulfone groups is 1. The van der Waals surface area contributed by atoms with Gasteiger partial charge in [0.05, 0.1) is 28.0 Å². The Bertz CT molecular complexity index is 1320.